The lowest BCUT2D eigenvalue weighted by atomic mass is 9.72. The van der Waals surface area contributed by atoms with E-state index in [2.05, 4.69) is 13.8 Å². The number of hydrogen-bond donors (Lipinski definition) is 1. The third kappa shape index (κ3) is 3.01. The average molecular weight is 426 g/mol. The third-order valence-corrected chi connectivity index (χ3v) is 8.58. The van der Waals surface area contributed by atoms with Crippen LogP contribution in [0.5, 0.6) is 0 Å². The predicted octanol–water partition coefficient (Wildman–Crippen LogP) is 4.47. The fourth-order valence-electron chi connectivity index (χ4n) is 5.16. The van der Waals surface area contributed by atoms with Crippen LogP contribution in [-0.4, -0.2) is 36.4 Å². The second kappa shape index (κ2) is 7.06. The molecule has 1 aliphatic heterocycles. The van der Waals surface area contributed by atoms with Crippen LogP contribution in [0.4, 0.5) is 0 Å². The number of carbonyl (C=O) groups is 1. The monoisotopic (exact) mass is 425 g/mol. The maximum absolute atomic E-state index is 13.5. The molecule has 4 rings (SSSR count). The molecule has 1 N–H and O–H groups in total. The number of rotatable bonds is 4. The summed E-state index contributed by atoms with van der Waals surface area (Å²) in [6.07, 6.45) is 2.69. The van der Waals surface area contributed by atoms with Crippen LogP contribution in [0.3, 0.4) is 0 Å². The highest BCUT2D eigenvalue weighted by Gasteiger charge is 2.51. The van der Waals surface area contributed by atoms with Gasteiger partial charge in [0.1, 0.15) is 0 Å². The van der Waals surface area contributed by atoms with Gasteiger partial charge >= 0.3 is 5.97 Å². The molecule has 5 nitrogen and oxygen atoms in total. The number of carboxylic acids is 1. The topological polar surface area (TPSA) is 74.7 Å². The van der Waals surface area contributed by atoms with Gasteiger partial charge in [-0.3, -0.25) is 0 Å². The second-order valence-corrected chi connectivity index (χ2v) is 10.7. The van der Waals surface area contributed by atoms with Crippen LogP contribution in [0.15, 0.2) is 53.4 Å². The summed E-state index contributed by atoms with van der Waals surface area (Å²) in [5.41, 5.74) is 4.05. The van der Waals surface area contributed by atoms with Gasteiger partial charge in [0.15, 0.2) is 0 Å². The molecule has 6 heteroatoms. The average Bonchev–Trinajstić information content (AvgIpc) is 2.94. The summed E-state index contributed by atoms with van der Waals surface area (Å²) in [6.45, 7) is 8.45. The van der Waals surface area contributed by atoms with Gasteiger partial charge in [-0.15, -0.1) is 0 Å². The molecule has 0 saturated carbocycles. The Kier molecular flexibility index (Phi) is 4.90. The summed E-state index contributed by atoms with van der Waals surface area (Å²) in [7, 11) is -3.64. The summed E-state index contributed by atoms with van der Waals surface area (Å²) in [6, 6.07) is 12.0. The van der Waals surface area contributed by atoms with Crippen LogP contribution in [0.2, 0.25) is 0 Å². The van der Waals surface area contributed by atoms with Crippen molar-refractivity contribution >= 4 is 21.6 Å². The van der Waals surface area contributed by atoms with E-state index in [0.29, 0.717) is 17.9 Å². The molecule has 0 saturated heterocycles. The summed E-state index contributed by atoms with van der Waals surface area (Å²) in [4.78, 5) is 11.8. The lowest BCUT2D eigenvalue weighted by Crippen LogP contribution is -2.50. The number of sulfonamides is 1. The summed E-state index contributed by atoms with van der Waals surface area (Å²) in [5, 5.41) is 9.44. The van der Waals surface area contributed by atoms with Crippen molar-refractivity contribution in [3.05, 3.63) is 70.8 Å². The molecule has 158 valence electrons. The van der Waals surface area contributed by atoms with E-state index in [0.717, 1.165) is 22.3 Å². The number of hydrogen-bond acceptors (Lipinski definition) is 3. The van der Waals surface area contributed by atoms with Crippen LogP contribution in [0, 0.1) is 12.8 Å². The largest absolute Gasteiger partial charge is 0.478 e. The Morgan fingerprint density at radius 3 is 2.43 bits per heavy atom. The standard InChI is InChI=1S/C24H27NO4S/c1-5-21-22-19(18-11-8-16(23(26)27)14-20(18)24(22,3)4)12-13-25(21)30(28,29)17-9-6-15(2)7-10-17/h6-12,14,21-22H,5,13H2,1-4H3,(H,26,27). The summed E-state index contributed by atoms with van der Waals surface area (Å²) in [5.74, 6) is -0.983. The Bertz CT molecular complexity index is 1150. The van der Waals surface area contributed by atoms with Crippen LogP contribution >= 0.6 is 0 Å². The molecule has 2 atom stereocenters. The third-order valence-electron chi connectivity index (χ3n) is 6.68. The van der Waals surface area contributed by atoms with Gasteiger partial charge in [-0.05, 0) is 59.7 Å². The van der Waals surface area contributed by atoms with Gasteiger partial charge in [-0.1, -0.05) is 50.6 Å². The highest BCUT2D eigenvalue weighted by Crippen LogP contribution is 2.55. The molecule has 0 fully saturated rings. The number of carboxylic acid groups (broad SMARTS) is 1. The van der Waals surface area contributed by atoms with Crippen molar-refractivity contribution in [3.8, 4) is 0 Å². The van der Waals surface area contributed by atoms with Crippen LogP contribution in [0.1, 0.15) is 54.2 Å². The molecule has 0 spiro atoms. The quantitative estimate of drug-likeness (QED) is 0.784. The Labute approximate surface area is 178 Å². The maximum atomic E-state index is 13.5. The summed E-state index contributed by atoms with van der Waals surface area (Å²) >= 11 is 0. The number of benzene rings is 2. The minimum atomic E-state index is -3.64. The first kappa shape index (κ1) is 20.8. The van der Waals surface area contributed by atoms with Crippen molar-refractivity contribution in [2.24, 2.45) is 5.92 Å². The van der Waals surface area contributed by atoms with E-state index in [-0.39, 0.29) is 22.9 Å². The fraction of sp³-hybridized carbons (Fsp3) is 0.375. The predicted molar refractivity (Wildman–Crippen MR) is 117 cm³/mol. The van der Waals surface area contributed by atoms with Crippen molar-refractivity contribution < 1.29 is 18.3 Å². The zero-order valence-electron chi connectivity index (χ0n) is 17.7. The van der Waals surface area contributed by atoms with Gasteiger partial charge in [-0.25, -0.2) is 13.2 Å². The maximum Gasteiger partial charge on any atom is 0.335 e. The first-order chi connectivity index (χ1) is 14.1. The van der Waals surface area contributed by atoms with E-state index in [4.69, 9.17) is 0 Å². The van der Waals surface area contributed by atoms with Crippen LogP contribution in [0.25, 0.3) is 5.57 Å². The highest BCUT2D eigenvalue weighted by molar-refractivity contribution is 7.89. The van der Waals surface area contributed by atoms with E-state index in [1.807, 2.05) is 38.1 Å². The van der Waals surface area contributed by atoms with Gasteiger partial charge in [0.05, 0.1) is 10.5 Å². The number of nitrogens with zero attached hydrogens (tertiary/aromatic N) is 1. The lowest BCUT2D eigenvalue weighted by molar-refractivity contribution is 0.0696. The Balaban J connectivity index is 1.81. The second-order valence-electron chi connectivity index (χ2n) is 8.79. The van der Waals surface area contributed by atoms with Gasteiger partial charge in [0.2, 0.25) is 10.0 Å². The molecule has 2 aromatic carbocycles. The molecule has 0 bridgehead atoms. The van der Waals surface area contributed by atoms with Crippen molar-refractivity contribution in [1.82, 2.24) is 4.31 Å². The molecule has 30 heavy (non-hydrogen) atoms. The van der Waals surface area contributed by atoms with Crippen LogP contribution in [-0.2, 0) is 15.4 Å². The number of aryl methyl sites for hydroxylation is 1. The lowest BCUT2D eigenvalue weighted by Gasteiger charge is -2.43. The molecule has 1 aliphatic carbocycles. The van der Waals surface area contributed by atoms with Crippen molar-refractivity contribution in [1.29, 1.82) is 0 Å². The van der Waals surface area contributed by atoms with E-state index < -0.39 is 16.0 Å². The molecule has 0 radical (unpaired) electrons. The Hall–Kier alpha value is -2.44. The first-order valence-electron chi connectivity index (χ1n) is 10.3. The van der Waals surface area contributed by atoms with Crippen LogP contribution < -0.4 is 0 Å². The Morgan fingerprint density at radius 2 is 1.83 bits per heavy atom. The van der Waals surface area contributed by atoms with Gasteiger partial charge in [0.25, 0.3) is 0 Å². The van der Waals surface area contributed by atoms with E-state index in [1.165, 1.54) is 0 Å². The highest BCUT2D eigenvalue weighted by atomic mass is 32.2. The smallest absolute Gasteiger partial charge is 0.335 e. The minimum Gasteiger partial charge on any atom is -0.478 e. The molecule has 0 amide bonds. The fourth-order valence-corrected chi connectivity index (χ4v) is 6.81. The number of fused-ring (bicyclic) bond motifs is 3. The zero-order valence-corrected chi connectivity index (χ0v) is 18.5. The van der Waals surface area contributed by atoms with E-state index in [1.54, 1.807) is 28.6 Å². The first-order valence-corrected chi connectivity index (χ1v) is 11.7. The van der Waals surface area contributed by atoms with Crippen molar-refractivity contribution in [2.75, 3.05) is 6.54 Å². The van der Waals surface area contributed by atoms with E-state index in [9.17, 15) is 18.3 Å². The summed E-state index contributed by atoms with van der Waals surface area (Å²) < 4.78 is 28.6. The van der Waals surface area contributed by atoms with Gasteiger partial charge in [0, 0.05) is 18.5 Å². The molecular formula is C24H27NO4S. The molecule has 2 unspecified atom stereocenters. The SMILES string of the molecule is CCC1C2C(=CCN1S(=O)(=O)c1ccc(C)cc1)c1ccc(C(=O)O)cc1C2(C)C. The Morgan fingerprint density at radius 1 is 1.17 bits per heavy atom. The molecule has 0 aromatic heterocycles. The van der Waals surface area contributed by atoms with Gasteiger partial charge in [-0.2, -0.15) is 4.31 Å². The molecule has 2 aromatic rings. The van der Waals surface area contributed by atoms with Crippen molar-refractivity contribution in [2.45, 2.75) is 50.5 Å². The molecule has 1 heterocycles. The normalized spacial score (nSPS) is 22.9. The molecule has 2 aliphatic rings. The van der Waals surface area contributed by atoms with E-state index >= 15 is 0 Å². The van der Waals surface area contributed by atoms with Gasteiger partial charge < -0.3 is 5.11 Å². The van der Waals surface area contributed by atoms with Crippen molar-refractivity contribution in [3.63, 3.8) is 0 Å². The number of aromatic carboxylic acids is 1. The zero-order chi connectivity index (χ0) is 21.8. The minimum absolute atomic E-state index is 0.0319. The molecular weight excluding hydrogens is 398 g/mol.